The molecule has 2 rings (SSSR count). The number of thioether (sulfide) groups is 1. The van der Waals surface area contributed by atoms with Crippen molar-refractivity contribution in [2.24, 2.45) is 5.84 Å². The summed E-state index contributed by atoms with van der Waals surface area (Å²) in [7, 11) is 0. The highest BCUT2D eigenvalue weighted by Crippen LogP contribution is 2.29. The Kier molecular flexibility index (Phi) is 4.60. The molecule has 2 atom stereocenters. The molecule has 4 N–H and O–H groups in total. The van der Waals surface area contributed by atoms with Crippen molar-refractivity contribution in [1.29, 1.82) is 0 Å². The van der Waals surface area contributed by atoms with Gasteiger partial charge in [-0.25, -0.2) is 15.2 Å². The Morgan fingerprint density at radius 3 is 3.06 bits per heavy atom. The van der Waals surface area contributed by atoms with Crippen LogP contribution in [-0.4, -0.2) is 27.5 Å². The summed E-state index contributed by atoms with van der Waals surface area (Å²) >= 11 is 1.87. The van der Waals surface area contributed by atoms with E-state index in [0.717, 1.165) is 25.5 Å². The first-order valence-corrected chi connectivity index (χ1v) is 7.30. The maximum atomic E-state index is 13.6. The van der Waals surface area contributed by atoms with E-state index in [9.17, 15) is 4.39 Å². The molecule has 2 unspecified atom stereocenters. The van der Waals surface area contributed by atoms with Gasteiger partial charge in [-0.05, 0) is 25.5 Å². The first kappa shape index (κ1) is 13.4. The molecule has 1 heterocycles. The molecule has 1 saturated carbocycles. The topological polar surface area (TPSA) is 75.9 Å². The molecule has 1 aromatic heterocycles. The van der Waals surface area contributed by atoms with E-state index >= 15 is 0 Å². The van der Waals surface area contributed by atoms with Gasteiger partial charge in [-0.3, -0.25) is 5.43 Å². The van der Waals surface area contributed by atoms with E-state index in [-0.39, 0.29) is 17.8 Å². The Balaban J connectivity index is 2.04. The third-order valence-corrected chi connectivity index (χ3v) is 4.27. The van der Waals surface area contributed by atoms with Crippen LogP contribution in [0.3, 0.4) is 0 Å². The van der Waals surface area contributed by atoms with Gasteiger partial charge >= 0.3 is 0 Å². The van der Waals surface area contributed by atoms with Crippen LogP contribution in [-0.2, 0) is 0 Å². The van der Waals surface area contributed by atoms with Crippen molar-refractivity contribution in [2.75, 3.05) is 17.0 Å². The van der Waals surface area contributed by atoms with Crippen LogP contribution in [0.2, 0.25) is 0 Å². The number of nitrogens with zero attached hydrogens (tertiary/aromatic N) is 2. The smallest absolute Gasteiger partial charge is 0.239 e. The highest BCUT2D eigenvalue weighted by atomic mass is 32.2. The van der Waals surface area contributed by atoms with E-state index in [1.807, 2.05) is 11.8 Å². The molecular weight excluding hydrogens is 253 g/mol. The first-order chi connectivity index (χ1) is 8.72. The normalized spacial score (nSPS) is 23.7. The summed E-state index contributed by atoms with van der Waals surface area (Å²) in [5.41, 5.74) is 2.32. The van der Waals surface area contributed by atoms with Crippen molar-refractivity contribution in [2.45, 2.75) is 37.0 Å². The maximum absolute atomic E-state index is 13.6. The molecule has 1 aliphatic rings. The van der Waals surface area contributed by atoms with Gasteiger partial charge in [0.05, 0.1) is 6.20 Å². The van der Waals surface area contributed by atoms with Gasteiger partial charge in [0.15, 0.2) is 11.6 Å². The summed E-state index contributed by atoms with van der Waals surface area (Å²) in [4.78, 5) is 7.71. The lowest BCUT2D eigenvalue weighted by molar-refractivity contribution is 0.470. The maximum Gasteiger partial charge on any atom is 0.239 e. The third kappa shape index (κ3) is 3.23. The van der Waals surface area contributed by atoms with Gasteiger partial charge < -0.3 is 5.32 Å². The molecular formula is C11H18FN5S. The fourth-order valence-electron chi connectivity index (χ4n) is 2.22. The molecule has 1 aliphatic carbocycles. The number of rotatable bonds is 4. The summed E-state index contributed by atoms with van der Waals surface area (Å²) in [5, 5.41) is 3.80. The van der Waals surface area contributed by atoms with E-state index in [2.05, 4.69) is 27.0 Å². The molecule has 0 spiro atoms. The molecule has 0 saturated heterocycles. The van der Waals surface area contributed by atoms with Crippen LogP contribution in [0.15, 0.2) is 6.20 Å². The second-order valence-corrected chi connectivity index (χ2v) is 5.54. The Bertz CT molecular complexity index is 403. The van der Waals surface area contributed by atoms with Gasteiger partial charge in [-0.2, -0.15) is 16.7 Å². The van der Waals surface area contributed by atoms with E-state index in [1.165, 1.54) is 6.42 Å². The zero-order valence-electron chi connectivity index (χ0n) is 10.3. The number of nitrogens with two attached hydrogens (primary N) is 1. The van der Waals surface area contributed by atoms with Gasteiger partial charge in [-0.15, -0.1) is 0 Å². The zero-order chi connectivity index (χ0) is 13.0. The van der Waals surface area contributed by atoms with Gasteiger partial charge in [0.2, 0.25) is 5.95 Å². The zero-order valence-corrected chi connectivity index (χ0v) is 11.1. The van der Waals surface area contributed by atoms with Crippen molar-refractivity contribution in [1.82, 2.24) is 9.97 Å². The minimum atomic E-state index is -0.444. The molecule has 0 aromatic carbocycles. The Hall–Kier alpha value is -1.08. The predicted octanol–water partition coefficient (Wildman–Crippen LogP) is 1.99. The van der Waals surface area contributed by atoms with Crippen LogP contribution >= 0.6 is 11.8 Å². The molecule has 7 heteroatoms. The predicted molar refractivity (Wildman–Crippen MR) is 73.0 cm³/mol. The van der Waals surface area contributed by atoms with Crippen LogP contribution in [0, 0.1) is 5.82 Å². The van der Waals surface area contributed by atoms with Crippen LogP contribution in [0.1, 0.15) is 25.7 Å². The molecule has 100 valence electrons. The fourth-order valence-corrected chi connectivity index (χ4v) is 3.05. The minimum Gasteiger partial charge on any atom is -0.365 e. The summed E-state index contributed by atoms with van der Waals surface area (Å²) in [6.45, 7) is 0. The van der Waals surface area contributed by atoms with Crippen LogP contribution in [0.25, 0.3) is 0 Å². The van der Waals surface area contributed by atoms with Gasteiger partial charge in [0.25, 0.3) is 0 Å². The standard InChI is InChI=1S/C11H18FN5S/c1-18-8-4-2-3-7(5-8)15-10-9(12)6-14-11(16-10)17-13/h6-8H,2-5,13H2,1H3,(H2,14,15,16,17). The van der Waals surface area contributed by atoms with E-state index in [0.29, 0.717) is 5.25 Å². The van der Waals surface area contributed by atoms with Crippen molar-refractivity contribution >= 4 is 23.5 Å². The lowest BCUT2D eigenvalue weighted by Gasteiger charge is -2.29. The molecule has 0 aliphatic heterocycles. The van der Waals surface area contributed by atoms with Crippen molar-refractivity contribution < 1.29 is 4.39 Å². The second-order valence-electron chi connectivity index (χ2n) is 4.40. The number of hydrogen-bond donors (Lipinski definition) is 3. The lowest BCUT2D eigenvalue weighted by Crippen LogP contribution is -2.29. The number of halogens is 1. The number of hydrazine groups is 1. The summed E-state index contributed by atoms with van der Waals surface area (Å²) in [6, 6.07) is 0.270. The second kappa shape index (κ2) is 6.19. The van der Waals surface area contributed by atoms with Crippen molar-refractivity contribution in [3.8, 4) is 0 Å². The quantitative estimate of drug-likeness (QED) is 0.574. The Morgan fingerprint density at radius 1 is 1.50 bits per heavy atom. The van der Waals surface area contributed by atoms with Crippen molar-refractivity contribution in [3.63, 3.8) is 0 Å². The highest BCUT2D eigenvalue weighted by Gasteiger charge is 2.22. The van der Waals surface area contributed by atoms with E-state index in [4.69, 9.17) is 5.84 Å². The molecule has 0 radical (unpaired) electrons. The highest BCUT2D eigenvalue weighted by molar-refractivity contribution is 7.99. The average molecular weight is 271 g/mol. The largest absolute Gasteiger partial charge is 0.365 e. The van der Waals surface area contributed by atoms with Crippen molar-refractivity contribution in [3.05, 3.63) is 12.0 Å². The number of anilines is 2. The minimum absolute atomic E-state index is 0.219. The fraction of sp³-hybridized carbons (Fsp3) is 0.636. The lowest BCUT2D eigenvalue weighted by atomic mass is 9.95. The Morgan fingerprint density at radius 2 is 2.33 bits per heavy atom. The van der Waals surface area contributed by atoms with Crippen LogP contribution < -0.4 is 16.6 Å². The Labute approximate surface area is 110 Å². The number of nitrogen functional groups attached to an aromatic ring is 1. The summed E-state index contributed by atoms with van der Waals surface area (Å²) in [5.74, 6) is 5.22. The van der Waals surface area contributed by atoms with Gasteiger partial charge in [-0.1, -0.05) is 6.42 Å². The molecule has 1 aromatic rings. The van der Waals surface area contributed by atoms with E-state index in [1.54, 1.807) is 0 Å². The van der Waals surface area contributed by atoms with Crippen LogP contribution in [0.4, 0.5) is 16.2 Å². The number of aromatic nitrogens is 2. The monoisotopic (exact) mass is 271 g/mol. The first-order valence-electron chi connectivity index (χ1n) is 6.01. The molecule has 1 fully saturated rings. The molecule has 18 heavy (non-hydrogen) atoms. The SMILES string of the molecule is CSC1CCCC(Nc2nc(NN)ncc2F)C1. The van der Waals surface area contributed by atoms with Gasteiger partial charge in [0.1, 0.15) is 0 Å². The van der Waals surface area contributed by atoms with E-state index < -0.39 is 5.82 Å². The molecule has 5 nitrogen and oxygen atoms in total. The summed E-state index contributed by atoms with van der Waals surface area (Å²) in [6.07, 6.45) is 7.73. The third-order valence-electron chi connectivity index (χ3n) is 3.17. The number of hydrogen-bond acceptors (Lipinski definition) is 6. The van der Waals surface area contributed by atoms with Crippen LogP contribution in [0.5, 0.6) is 0 Å². The molecule has 0 amide bonds. The number of nitrogens with one attached hydrogen (secondary N) is 2. The average Bonchev–Trinajstić information content (AvgIpc) is 2.41. The summed E-state index contributed by atoms with van der Waals surface area (Å²) < 4.78 is 13.6. The van der Waals surface area contributed by atoms with Gasteiger partial charge in [0, 0.05) is 11.3 Å². The molecule has 0 bridgehead atoms.